The lowest BCUT2D eigenvalue weighted by Crippen LogP contribution is -2.52. The van der Waals surface area contributed by atoms with Crippen LogP contribution in [-0.2, 0) is 14.4 Å². The van der Waals surface area contributed by atoms with Crippen LogP contribution in [0.2, 0.25) is 0 Å². The third kappa shape index (κ3) is 3.30. The molecule has 19 heavy (non-hydrogen) atoms. The van der Waals surface area contributed by atoms with Crippen molar-refractivity contribution in [3.8, 4) is 0 Å². The van der Waals surface area contributed by atoms with Crippen molar-refractivity contribution in [1.29, 1.82) is 0 Å². The van der Waals surface area contributed by atoms with E-state index in [9.17, 15) is 14.4 Å². The SMILES string of the molecule is CCC1=CC(C(=O)NC2CCC(=O)NC2=O)=CCC1. The first kappa shape index (κ1) is 13.5. The summed E-state index contributed by atoms with van der Waals surface area (Å²) in [6, 6.07) is -0.605. The second kappa shape index (κ2) is 5.82. The molecule has 2 aliphatic rings. The van der Waals surface area contributed by atoms with Gasteiger partial charge in [-0.3, -0.25) is 19.7 Å². The average molecular weight is 262 g/mol. The Hall–Kier alpha value is -1.91. The Kier molecular flexibility index (Phi) is 4.14. The van der Waals surface area contributed by atoms with Crippen LogP contribution in [0.25, 0.3) is 0 Å². The second-order valence-corrected chi connectivity index (χ2v) is 4.83. The lowest BCUT2D eigenvalue weighted by molar-refractivity contribution is -0.136. The topological polar surface area (TPSA) is 75.3 Å². The Bertz CT molecular complexity index is 477. The molecule has 1 saturated heterocycles. The van der Waals surface area contributed by atoms with Gasteiger partial charge in [-0.05, 0) is 25.7 Å². The van der Waals surface area contributed by atoms with E-state index in [1.54, 1.807) is 0 Å². The van der Waals surface area contributed by atoms with Gasteiger partial charge in [0.2, 0.25) is 11.8 Å². The maximum absolute atomic E-state index is 12.1. The molecule has 1 aliphatic carbocycles. The molecule has 5 nitrogen and oxygen atoms in total. The summed E-state index contributed by atoms with van der Waals surface area (Å²) in [5.41, 5.74) is 1.86. The number of piperidine rings is 1. The summed E-state index contributed by atoms with van der Waals surface area (Å²) in [5, 5.41) is 4.92. The number of allylic oxidation sites excluding steroid dienone is 2. The van der Waals surface area contributed by atoms with Gasteiger partial charge in [-0.2, -0.15) is 0 Å². The van der Waals surface area contributed by atoms with Gasteiger partial charge in [0.25, 0.3) is 5.91 Å². The van der Waals surface area contributed by atoms with Gasteiger partial charge >= 0.3 is 0 Å². The Balaban J connectivity index is 1.98. The molecule has 2 N–H and O–H groups in total. The third-order valence-electron chi connectivity index (χ3n) is 3.45. The molecule has 1 unspecified atom stereocenters. The minimum atomic E-state index is -0.605. The first-order chi connectivity index (χ1) is 9.10. The summed E-state index contributed by atoms with van der Waals surface area (Å²) in [6.07, 6.45) is 7.21. The van der Waals surface area contributed by atoms with Crippen molar-refractivity contribution in [3.05, 3.63) is 23.3 Å². The zero-order chi connectivity index (χ0) is 13.8. The molecule has 0 radical (unpaired) electrons. The van der Waals surface area contributed by atoms with E-state index in [2.05, 4.69) is 17.6 Å². The van der Waals surface area contributed by atoms with E-state index in [0.29, 0.717) is 12.0 Å². The summed E-state index contributed by atoms with van der Waals surface area (Å²) < 4.78 is 0. The van der Waals surface area contributed by atoms with Gasteiger partial charge in [0.1, 0.15) is 6.04 Å². The van der Waals surface area contributed by atoms with Crippen molar-refractivity contribution >= 4 is 17.7 Å². The number of imide groups is 1. The molecule has 5 heteroatoms. The summed E-state index contributed by atoms with van der Waals surface area (Å²) in [7, 11) is 0. The third-order valence-corrected chi connectivity index (χ3v) is 3.45. The standard InChI is InChI=1S/C14H18N2O3/c1-2-9-4-3-5-10(8-9)13(18)15-11-6-7-12(17)16-14(11)19/h5,8,11H,2-4,6-7H2,1H3,(H,15,18)(H,16,17,19). The van der Waals surface area contributed by atoms with Crippen LogP contribution >= 0.6 is 0 Å². The van der Waals surface area contributed by atoms with Crippen molar-refractivity contribution in [1.82, 2.24) is 10.6 Å². The Morgan fingerprint density at radius 2 is 2.21 bits per heavy atom. The molecule has 102 valence electrons. The van der Waals surface area contributed by atoms with Crippen LogP contribution in [0, 0.1) is 0 Å². The summed E-state index contributed by atoms with van der Waals surface area (Å²) in [4.78, 5) is 34.7. The summed E-state index contributed by atoms with van der Waals surface area (Å²) in [6.45, 7) is 2.06. The first-order valence-corrected chi connectivity index (χ1v) is 6.64. The number of amides is 3. The van der Waals surface area contributed by atoms with Crippen molar-refractivity contribution in [3.63, 3.8) is 0 Å². The molecule has 0 bridgehead atoms. The molecule has 0 saturated carbocycles. The van der Waals surface area contributed by atoms with E-state index >= 15 is 0 Å². The molecule has 3 amide bonds. The molecular formula is C14H18N2O3. The Morgan fingerprint density at radius 3 is 2.89 bits per heavy atom. The van der Waals surface area contributed by atoms with E-state index in [1.807, 2.05) is 12.2 Å². The molecule has 1 atom stereocenters. The molecule has 1 heterocycles. The Morgan fingerprint density at radius 1 is 1.42 bits per heavy atom. The zero-order valence-electron chi connectivity index (χ0n) is 11.0. The molecular weight excluding hydrogens is 244 g/mol. The Labute approximate surface area is 112 Å². The highest BCUT2D eigenvalue weighted by Crippen LogP contribution is 2.20. The van der Waals surface area contributed by atoms with Crippen LogP contribution in [0.3, 0.4) is 0 Å². The van der Waals surface area contributed by atoms with Gasteiger partial charge in [0, 0.05) is 12.0 Å². The van der Waals surface area contributed by atoms with E-state index in [4.69, 9.17) is 0 Å². The monoisotopic (exact) mass is 262 g/mol. The number of nitrogens with one attached hydrogen (secondary N) is 2. The highest BCUT2D eigenvalue weighted by atomic mass is 16.2. The summed E-state index contributed by atoms with van der Waals surface area (Å²) in [5.74, 6) is -0.929. The van der Waals surface area contributed by atoms with Crippen LogP contribution in [0.15, 0.2) is 23.3 Å². The lowest BCUT2D eigenvalue weighted by atomic mass is 9.96. The normalized spacial score (nSPS) is 23.3. The van der Waals surface area contributed by atoms with Crippen LogP contribution in [0.4, 0.5) is 0 Å². The summed E-state index contributed by atoms with van der Waals surface area (Å²) >= 11 is 0. The van der Waals surface area contributed by atoms with Crippen molar-refractivity contribution < 1.29 is 14.4 Å². The number of hydrogen-bond donors (Lipinski definition) is 2. The quantitative estimate of drug-likeness (QED) is 0.744. The van der Waals surface area contributed by atoms with Crippen molar-refractivity contribution in [2.24, 2.45) is 0 Å². The first-order valence-electron chi connectivity index (χ1n) is 6.64. The van der Waals surface area contributed by atoms with Gasteiger partial charge in [0.15, 0.2) is 0 Å². The maximum Gasteiger partial charge on any atom is 0.251 e. The molecule has 1 fully saturated rings. The largest absolute Gasteiger partial charge is 0.340 e. The molecule has 0 aromatic carbocycles. The van der Waals surface area contributed by atoms with E-state index < -0.39 is 11.9 Å². The minimum Gasteiger partial charge on any atom is -0.340 e. The molecule has 0 aromatic heterocycles. The van der Waals surface area contributed by atoms with Gasteiger partial charge in [-0.1, -0.05) is 24.6 Å². The number of carbonyl (C=O) groups is 3. The zero-order valence-corrected chi connectivity index (χ0v) is 11.0. The van der Waals surface area contributed by atoms with Crippen LogP contribution in [-0.4, -0.2) is 23.8 Å². The van der Waals surface area contributed by atoms with Crippen LogP contribution in [0.1, 0.15) is 39.0 Å². The molecule has 0 spiro atoms. The van der Waals surface area contributed by atoms with Gasteiger partial charge < -0.3 is 5.32 Å². The highest BCUT2D eigenvalue weighted by molar-refractivity contribution is 6.04. The number of rotatable bonds is 3. The van der Waals surface area contributed by atoms with Crippen LogP contribution < -0.4 is 10.6 Å². The predicted molar refractivity (Wildman–Crippen MR) is 70.0 cm³/mol. The predicted octanol–water partition coefficient (Wildman–Crippen LogP) is 0.964. The number of hydrogen-bond acceptors (Lipinski definition) is 3. The highest BCUT2D eigenvalue weighted by Gasteiger charge is 2.28. The van der Waals surface area contributed by atoms with E-state index in [1.165, 1.54) is 5.57 Å². The van der Waals surface area contributed by atoms with E-state index in [0.717, 1.165) is 19.3 Å². The van der Waals surface area contributed by atoms with Crippen molar-refractivity contribution in [2.75, 3.05) is 0 Å². The molecule has 0 aromatic rings. The maximum atomic E-state index is 12.1. The average Bonchev–Trinajstić information content (AvgIpc) is 2.42. The van der Waals surface area contributed by atoms with Gasteiger partial charge in [-0.15, -0.1) is 0 Å². The number of carbonyl (C=O) groups excluding carboxylic acids is 3. The fourth-order valence-electron chi connectivity index (χ4n) is 2.27. The fourth-order valence-corrected chi connectivity index (χ4v) is 2.27. The van der Waals surface area contributed by atoms with Crippen LogP contribution in [0.5, 0.6) is 0 Å². The fraction of sp³-hybridized carbons (Fsp3) is 0.500. The van der Waals surface area contributed by atoms with E-state index in [-0.39, 0.29) is 18.2 Å². The second-order valence-electron chi connectivity index (χ2n) is 4.83. The molecule has 1 aliphatic heterocycles. The lowest BCUT2D eigenvalue weighted by Gasteiger charge is -2.22. The molecule has 2 rings (SSSR count). The van der Waals surface area contributed by atoms with Gasteiger partial charge in [-0.25, -0.2) is 0 Å². The smallest absolute Gasteiger partial charge is 0.251 e. The van der Waals surface area contributed by atoms with Crippen molar-refractivity contribution in [2.45, 2.75) is 45.1 Å². The minimum absolute atomic E-state index is 0.236. The van der Waals surface area contributed by atoms with Gasteiger partial charge in [0.05, 0.1) is 0 Å².